The number of rotatable bonds is 4. The first-order chi connectivity index (χ1) is 12.4. The molecule has 0 aliphatic heterocycles. The highest BCUT2D eigenvalue weighted by Gasteiger charge is 2.30. The molecule has 0 unspecified atom stereocenters. The average Bonchev–Trinajstić information content (AvgIpc) is 2.66. The molecule has 1 heterocycles. The summed E-state index contributed by atoms with van der Waals surface area (Å²) in [6.07, 6.45) is -4.41. The molecule has 0 fully saturated rings. The van der Waals surface area contributed by atoms with Gasteiger partial charge in [-0.05, 0) is 29.8 Å². The Kier molecular flexibility index (Phi) is 5.02. The number of hydrogen-bond acceptors (Lipinski definition) is 2. The zero-order valence-corrected chi connectivity index (χ0v) is 13.6. The van der Waals surface area contributed by atoms with E-state index in [2.05, 4.69) is 10.3 Å². The van der Waals surface area contributed by atoms with Gasteiger partial charge in [0.25, 0.3) is 5.91 Å². The van der Waals surface area contributed by atoms with Gasteiger partial charge < -0.3 is 5.32 Å². The average molecular weight is 356 g/mol. The molecular weight excluding hydrogens is 341 g/mol. The minimum absolute atomic E-state index is 0.0139. The van der Waals surface area contributed by atoms with Crippen molar-refractivity contribution >= 4 is 5.91 Å². The first-order valence-corrected chi connectivity index (χ1v) is 7.90. The predicted octanol–water partition coefficient (Wildman–Crippen LogP) is 4.70. The van der Waals surface area contributed by atoms with Gasteiger partial charge in [0, 0.05) is 12.1 Å². The number of aromatic nitrogens is 1. The van der Waals surface area contributed by atoms with E-state index in [9.17, 15) is 18.0 Å². The maximum absolute atomic E-state index is 12.7. The number of carbonyl (C=O) groups is 1. The summed E-state index contributed by atoms with van der Waals surface area (Å²) in [4.78, 5) is 16.6. The minimum Gasteiger partial charge on any atom is -0.347 e. The van der Waals surface area contributed by atoms with Crippen LogP contribution in [0.15, 0.2) is 72.8 Å². The molecule has 3 nitrogen and oxygen atoms in total. The van der Waals surface area contributed by atoms with Crippen molar-refractivity contribution in [1.29, 1.82) is 0 Å². The third-order valence-electron chi connectivity index (χ3n) is 3.76. The van der Waals surface area contributed by atoms with Gasteiger partial charge in [-0.1, -0.05) is 48.5 Å². The monoisotopic (exact) mass is 356 g/mol. The van der Waals surface area contributed by atoms with Gasteiger partial charge in [-0.25, -0.2) is 4.98 Å². The van der Waals surface area contributed by atoms with E-state index in [0.717, 1.165) is 17.7 Å². The lowest BCUT2D eigenvalue weighted by molar-refractivity contribution is -0.137. The Hall–Kier alpha value is -3.15. The van der Waals surface area contributed by atoms with Gasteiger partial charge in [0.1, 0.15) is 5.69 Å². The standard InChI is InChI=1S/C20H15F3N2O/c21-20(22,23)16-9-4-6-14(12-16)13-24-19(26)18-11-5-10-17(25-18)15-7-2-1-3-8-15/h1-12H,13H2,(H,24,26). The summed E-state index contributed by atoms with van der Waals surface area (Å²) >= 11 is 0. The lowest BCUT2D eigenvalue weighted by atomic mass is 10.1. The summed E-state index contributed by atoms with van der Waals surface area (Å²) in [5, 5.41) is 2.60. The molecule has 3 rings (SSSR count). The van der Waals surface area contributed by atoms with Crippen molar-refractivity contribution in [2.24, 2.45) is 0 Å². The minimum atomic E-state index is -4.41. The first-order valence-electron chi connectivity index (χ1n) is 7.90. The molecule has 0 atom stereocenters. The van der Waals surface area contributed by atoms with Crippen molar-refractivity contribution in [3.8, 4) is 11.3 Å². The van der Waals surface area contributed by atoms with Crippen LogP contribution < -0.4 is 5.32 Å². The third kappa shape index (κ3) is 4.27. The fraction of sp³-hybridized carbons (Fsp3) is 0.100. The second kappa shape index (κ2) is 7.39. The molecule has 2 aromatic carbocycles. The molecule has 0 saturated carbocycles. The summed E-state index contributed by atoms with van der Waals surface area (Å²) in [6, 6.07) is 19.3. The molecule has 0 aliphatic rings. The van der Waals surface area contributed by atoms with Crippen LogP contribution in [0.2, 0.25) is 0 Å². The van der Waals surface area contributed by atoms with Gasteiger partial charge in [-0.2, -0.15) is 13.2 Å². The van der Waals surface area contributed by atoms with Crippen molar-refractivity contribution in [2.75, 3.05) is 0 Å². The van der Waals surface area contributed by atoms with E-state index in [1.54, 1.807) is 18.2 Å². The van der Waals surface area contributed by atoms with Gasteiger partial charge in [0.05, 0.1) is 11.3 Å². The summed E-state index contributed by atoms with van der Waals surface area (Å²) < 4.78 is 38.2. The highest BCUT2D eigenvalue weighted by atomic mass is 19.4. The Bertz CT molecular complexity index is 908. The predicted molar refractivity (Wildman–Crippen MR) is 92.3 cm³/mol. The molecule has 132 valence electrons. The van der Waals surface area contributed by atoms with Crippen molar-refractivity contribution in [2.45, 2.75) is 12.7 Å². The van der Waals surface area contributed by atoms with E-state index in [1.807, 2.05) is 30.3 Å². The third-order valence-corrected chi connectivity index (χ3v) is 3.76. The quantitative estimate of drug-likeness (QED) is 0.736. The summed E-state index contributed by atoms with van der Waals surface area (Å²) in [5.74, 6) is -0.444. The summed E-state index contributed by atoms with van der Waals surface area (Å²) in [5.41, 5.74) is 1.36. The van der Waals surface area contributed by atoms with Crippen LogP contribution in [0.3, 0.4) is 0 Å². The van der Waals surface area contributed by atoms with Crippen LogP contribution in [0.1, 0.15) is 21.6 Å². The highest BCUT2D eigenvalue weighted by Crippen LogP contribution is 2.29. The zero-order valence-electron chi connectivity index (χ0n) is 13.6. The van der Waals surface area contributed by atoms with Crippen LogP contribution in [0, 0.1) is 0 Å². The number of benzene rings is 2. The number of carbonyl (C=O) groups excluding carboxylic acids is 1. The molecule has 0 spiro atoms. The van der Waals surface area contributed by atoms with Crippen molar-refractivity contribution in [3.63, 3.8) is 0 Å². The summed E-state index contributed by atoms with van der Waals surface area (Å²) in [6.45, 7) is -0.0139. The van der Waals surface area contributed by atoms with E-state index in [-0.39, 0.29) is 12.2 Å². The second-order valence-corrected chi connectivity index (χ2v) is 5.65. The van der Waals surface area contributed by atoms with Crippen molar-refractivity contribution in [1.82, 2.24) is 10.3 Å². The van der Waals surface area contributed by atoms with Gasteiger partial charge in [0.2, 0.25) is 0 Å². The number of nitrogens with zero attached hydrogens (tertiary/aromatic N) is 1. The molecular formula is C20H15F3N2O. The molecule has 0 saturated heterocycles. The number of pyridine rings is 1. The van der Waals surface area contributed by atoms with Crippen LogP contribution in [0.25, 0.3) is 11.3 Å². The van der Waals surface area contributed by atoms with Crippen molar-refractivity contribution < 1.29 is 18.0 Å². The number of amides is 1. The summed E-state index contributed by atoms with van der Waals surface area (Å²) in [7, 11) is 0. The topological polar surface area (TPSA) is 42.0 Å². The molecule has 0 bridgehead atoms. The van der Waals surface area contributed by atoms with Crippen LogP contribution in [-0.2, 0) is 12.7 Å². The van der Waals surface area contributed by atoms with Gasteiger partial charge in [-0.3, -0.25) is 4.79 Å². The molecule has 6 heteroatoms. The van der Waals surface area contributed by atoms with Crippen LogP contribution in [0.5, 0.6) is 0 Å². The molecule has 0 aliphatic carbocycles. The number of alkyl halides is 3. The number of nitrogens with one attached hydrogen (secondary N) is 1. The van der Waals surface area contributed by atoms with Crippen LogP contribution in [-0.4, -0.2) is 10.9 Å². The normalized spacial score (nSPS) is 11.2. The highest BCUT2D eigenvalue weighted by molar-refractivity contribution is 5.92. The molecule has 1 aromatic heterocycles. The smallest absolute Gasteiger partial charge is 0.347 e. The van der Waals surface area contributed by atoms with Gasteiger partial charge in [-0.15, -0.1) is 0 Å². The Morgan fingerprint density at radius 2 is 1.65 bits per heavy atom. The molecule has 1 N–H and O–H groups in total. The Morgan fingerprint density at radius 3 is 2.38 bits per heavy atom. The molecule has 1 amide bonds. The van der Waals surface area contributed by atoms with E-state index < -0.39 is 17.6 Å². The fourth-order valence-corrected chi connectivity index (χ4v) is 2.46. The Balaban J connectivity index is 1.71. The number of halogens is 3. The zero-order chi connectivity index (χ0) is 18.6. The molecule has 26 heavy (non-hydrogen) atoms. The number of hydrogen-bond donors (Lipinski definition) is 1. The molecule has 0 radical (unpaired) electrons. The van der Waals surface area contributed by atoms with Crippen LogP contribution in [0.4, 0.5) is 13.2 Å². The van der Waals surface area contributed by atoms with E-state index in [0.29, 0.717) is 11.3 Å². The largest absolute Gasteiger partial charge is 0.416 e. The SMILES string of the molecule is O=C(NCc1cccc(C(F)(F)F)c1)c1cccc(-c2ccccc2)n1. The molecule has 3 aromatic rings. The lowest BCUT2D eigenvalue weighted by Gasteiger charge is -2.10. The first kappa shape index (κ1) is 17.7. The van der Waals surface area contributed by atoms with E-state index in [1.165, 1.54) is 12.1 Å². The lowest BCUT2D eigenvalue weighted by Crippen LogP contribution is -2.24. The fourth-order valence-electron chi connectivity index (χ4n) is 2.46. The van der Waals surface area contributed by atoms with Crippen LogP contribution >= 0.6 is 0 Å². The maximum Gasteiger partial charge on any atom is 0.416 e. The Morgan fingerprint density at radius 1 is 0.923 bits per heavy atom. The van der Waals surface area contributed by atoms with Gasteiger partial charge >= 0.3 is 6.18 Å². The van der Waals surface area contributed by atoms with E-state index in [4.69, 9.17) is 0 Å². The van der Waals surface area contributed by atoms with Gasteiger partial charge in [0.15, 0.2) is 0 Å². The maximum atomic E-state index is 12.7. The van der Waals surface area contributed by atoms with E-state index >= 15 is 0 Å². The van der Waals surface area contributed by atoms with Crippen molar-refractivity contribution in [3.05, 3.63) is 89.6 Å². The second-order valence-electron chi connectivity index (χ2n) is 5.65. The Labute approximate surface area is 148 Å².